The Kier molecular flexibility index (Phi) is 2.91. The molecule has 0 aliphatic rings. The molecule has 1 aromatic heterocycles. The number of hydrogen-bond donors (Lipinski definition) is 1. The van der Waals surface area contributed by atoms with Gasteiger partial charge in [-0.1, -0.05) is 24.3 Å². The fraction of sp³-hybridized carbons (Fsp3) is 0.133. The van der Waals surface area contributed by atoms with Crippen LogP contribution >= 0.6 is 0 Å². The zero-order valence-electron chi connectivity index (χ0n) is 10.6. The Morgan fingerprint density at radius 2 is 2.00 bits per heavy atom. The molecule has 1 N–H and O–H groups in total. The molecule has 4 heteroatoms. The van der Waals surface area contributed by atoms with Crippen LogP contribution in [0.3, 0.4) is 0 Å². The lowest BCUT2D eigenvalue weighted by molar-refractivity contribution is 0.626. The highest BCUT2D eigenvalue weighted by Gasteiger charge is 2.06. The first-order valence-electron chi connectivity index (χ1n) is 6.14. The van der Waals surface area contributed by atoms with E-state index in [2.05, 4.69) is 10.3 Å². The van der Waals surface area contributed by atoms with E-state index in [1.165, 1.54) is 12.1 Å². The fourth-order valence-electron chi connectivity index (χ4n) is 2.13. The highest BCUT2D eigenvalue weighted by Crippen LogP contribution is 2.18. The topological polar surface area (TPSA) is 29.9 Å². The molecule has 0 atom stereocenters. The maximum Gasteiger partial charge on any atom is 0.203 e. The number of halogens is 1. The highest BCUT2D eigenvalue weighted by atomic mass is 19.1. The van der Waals surface area contributed by atoms with Crippen LogP contribution in [0.2, 0.25) is 0 Å². The minimum Gasteiger partial charge on any atom is -0.352 e. The van der Waals surface area contributed by atoms with Crippen LogP contribution in [0.1, 0.15) is 5.56 Å². The minimum absolute atomic E-state index is 0.218. The van der Waals surface area contributed by atoms with Crippen molar-refractivity contribution < 1.29 is 4.39 Å². The molecule has 2 aromatic carbocycles. The summed E-state index contributed by atoms with van der Waals surface area (Å²) >= 11 is 0. The van der Waals surface area contributed by atoms with Gasteiger partial charge in [-0.3, -0.25) is 0 Å². The largest absolute Gasteiger partial charge is 0.352 e. The van der Waals surface area contributed by atoms with E-state index in [0.717, 1.165) is 22.5 Å². The van der Waals surface area contributed by atoms with Gasteiger partial charge in [-0.15, -0.1) is 0 Å². The van der Waals surface area contributed by atoms with E-state index in [1.807, 2.05) is 41.9 Å². The maximum absolute atomic E-state index is 13.1. The summed E-state index contributed by atoms with van der Waals surface area (Å²) < 4.78 is 15.1. The lowest BCUT2D eigenvalue weighted by Gasteiger charge is -2.06. The molecule has 1 heterocycles. The number of aryl methyl sites for hydroxylation is 1. The van der Waals surface area contributed by atoms with Crippen LogP contribution in [0, 0.1) is 5.82 Å². The SMILES string of the molecule is Cn1c(NCc2cccc(F)c2)nc2ccccc21. The lowest BCUT2D eigenvalue weighted by Crippen LogP contribution is -2.05. The van der Waals surface area contributed by atoms with Crippen molar-refractivity contribution in [3.63, 3.8) is 0 Å². The van der Waals surface area contributed by atoms with Gasteiger partial charge in [0, 0.05) is 13.6 Å². The van der Waals surface area contributed by atoms with E-state index in [1.54, 1.807) is 6.07 Å². The van der Waals surface area contributed by atoms with E-state index >= 15 is 0 Å². The van der Waals surface area contributed by atoms with Gasteiger partial charge >= 0.3 is 0 Å². The second kappa shape index (κ2) is 4.72. The monoisotopic (exact) mass is 255 g/mol. The zero-order chi connectivity index (χ0) is 13.2. The van der Waals surface area contributed by atoms with E-state index in [4.69, 9.17) is 0 Å². The van der Waals surface area contributed by atoms with Crippen LogP contribution in [0.15, 0.2) is 48.5 Å². The van der Waals surface area contributed by atoms with Crippen molar-refractivity contribution in [2.75, 3.05) is 5.32 Å². The summed E-state index contributed by atoms with van der Waals surface area (Å²) in [5.74, 6) is 0.565. The molecular weight excluding hydrogens is 241 g/mol. The quantitative estimate of drug-likeness (QED) is 0.778. The second-order valence-electron chi connectivity index (χ2n) is 4.47. The summed E-state index contributed by atoms with van der Waals surface area (Å²) in [4.78, 5) is 4.51. The van der Waals surface area contributed by atoms with Crippen molar-refractivity contribution in [1.82, 2.24) is 9.55 Å². The number of fused-ring (bicyclic) bond motifs is 1. The summed E-state index contributed by atoms with van der Waals surface area (Å²) in [6.45, 7) is 0.551. The van der Waals surface area contributed by atoms with Crippen LogP contribution in [-0.4, -0.2) is 9.55 Å². The predicted molar refractivity (Wildman–Crippen MR) is 74.4 cm³/mol. The van der Waals surface area contributed by atoms with Gasteiger partial charge in [0.2, 0.25) is 5.95 Å². The number of aromatic nitrogens is 2. The fourth-order valence-corrected chi connectivity index (χ4v) is 2.13. The van der Waals surface area contributed by atoms with Crippen molar-refractivity contribution in [3.8, 4) is 0 Å². The van der Waals surface area contributed by atoms with Gasteiger partial charge < -0.3 is 9.88 Å². The smallest absolute Gasteiger partial charge is 0.203 e. The van der Waals surface area contributed by atoms with Gasteiger partial charge in [-0.25, -0.2) is 9.37 Å². The first-order chi connectivity index (χ1) is 9.24. The average Bonchev–Trinajstić information content (AvgIpc) is 2.74. The first kappa shape index (κ1) is 11.7. The second-order valence-corrected chi connectivity index (χ2v) is 4.47. The molecule has 0 radical (unpaired) electrons. The zero-order valence-corrected chi connectivity index (χ0v) is 10.6. The molecule has 96 valence electrons. The average molecular weight is 255 g/mol. The number of hydrogen-bond acceptors (Lipinski definition) is 2. The van der Waals surface area contributed by atoms with Crippen LogP contribution in [-0.2, 0) is 13.6 Å². The van der Waals surface area contributed by atoms with Crippen molar-refractivity contribution in [2.24, 2.45) is 7.05 Å². The number of imidazole rings is 1. The number of rotatable bonds is 3. The molecule has 0 aliphatic heterocycles. The molecule has 3 rings (SSSR count). The van der Waals surface area contributed by atoms with Gasteiger partial charge in [0.05, 0.1) is 11.0 Å². The third kappa shape index (κ3) is 2.29. The molecule has 0 amide bonds. The summed E-state index contributed by atoms with van der Waals surface area (Å²) in [5, 5.41) is 3.23. The molecule has 0 unspecified atom stereocenters. The van der Waals surface area contributed by atoms with Crippen molar-refractivity contribution in [2.45, 2.75) is 6.54 Å². The molecule has 0 aliphatic carbocycles. The van der Waals surface area contributed by atoms with Crippen molar-refractivity contribution >= 4 is 17.0 Å². The summed E-state index contributed by atoms with van der Waals surface area (Å²) in [6.07, 6.45) is 0. The van der Waals surface area contributed by atoms with E-state index in [-0.39, 0.29) is 5.82 Å². The van der Waals surface area contributed by atoms with Crippen LogP contribution < -0.4 is 5.32 Å². The molecule has 0 spiro atoms. The van der Waals surface area contributed by atoms with Crippen molar-refractivity contribution in [3.05, 3.63) is 59.9 Å². The summed E-state index contributed by atoms with van der Waals surface area (Å²) in [7, 11) is 1.96. The summed E-state index contributed by atoms with van der Waals surface area (Å²) in [5.41, 5.74) is 2.92. The Morgan fingerprint density at radius 1 is 1.16 bits per heavy atom. The molecule has 0 fully saturated rings. The molecule has 0 saturated heterocycles. The van der Waals surface area contributed by atoms with Gasteiger partial charge in [-0.05, 0) is 29.8 Å². The normalized spacial score (nSPS) is 10.8. The number of para-hydroxylation sites is 2. The third-order valence-corrected chi connectivity index (χ3v) is 3.13. The summed E-state index contributed by atoms with van der Waals surface area (Å²) in [6, 6.07) is 14.5. The standard InChI is InChI=1S/C15H14FN3/c1-19-14-8-3-2-7-13(14)18-15(19)17-10-11-5-4-6-12(16)9-11/h2-9H,10H2,1H3,(H,17,18). The van der Waals surface area contributed by atoms with Gasteiger partial charge in [0.25, 0.3) is 0 Å². The van der Waals surface area contributed by atoms with Crippen LogP contribution in [0.25, 0.3) is 11.0 Å². The van der Waals surface area contributed by atoms with E-state index in [9.17, 15) is 4.39 Å². The molecule has 0 saturated carbocycles. The molecular formula is C15H14FN3. The maximum atomic E-state index is 13.1. The van der Waals surface area contributed by atoms with Gasteiger partial charge in [0.1, 0.15) is 5.82 Å². The molecule has 3 aromatic rings. The lowest BCUT2D eigenvalue weighted by atomic mass is 10.2. The number of nitrogens with one attached hydrogen (secondary N) is 1. The van der Waals surface area contributed by atoms with Crippen molar-refractivity contribution in [1.29, 1.82) is 0 Å². The molecule has 3 nitrogen and oxygen atoms in total. The number of nitrogens with zero attached hydrogens (tertiary/aromatic N) is 2. The Bertz CT molecular complexity index is 718. The number of benzene rings is 2. The molecule has 0 bridgehead atoms. The number of anilines is 1. The Labute approximate surface area is 110 Å². The Balaban J connectivity index is 1.84. The van der Waals surface area contributed by atoms with Crippen LogP contribution in [0.5, 0.6) is 0 Å². The van der Waals surface area contributed by atoms with E-state index in [0.29, 0.717) is 6.54 Å². The highest BCUT2D eigenvalue weighted by molar-refractivity contribution is 5.78. The Hall–Kier alpha value is -2.36. The first-order valence-corrected chi connectivity index (χ1v) is 6.14. The predicted octanol–water partition coefficient (Wildman–Crippen LogP) is 3.32. The molecule has 19 heavy (non-hydrogen) atoms. The third-order valence-electron chi connectivity index (χ3n) is 3.13. The van der Waals surface area contributed by atoms with Gasteiger partial charge in [0.15, 0.2) is 0 Å². The van der Waals surface area contributed by atoms with E-state index < -0.39 is 0 Å². The van der Waals surface area contributed by atoms with Crippen LogP contribution in [0.4, 0.5) is 10.3 Å². The Morgan fingerprint density at radius 3 is 2.79 bits per heavy atom. The minimum atomic E-state index is -0.218. The van der Waals surface area contributed by atoms with Gasteiger partial charge in [-0.2, -0.15) is 0 Å².